The van der Waals surface area contributed by atoms with Gasteiger partial charge >= 0.3 is 0 Å². The van der Waals surface area contributed by atoms with Crippen molar-refractivity contribution in [1.82, 2.24) is 4.90 Å². The number of hydrogen-bond acceptors (Lipinski definition) is 5. The van der Waals surface area contributed by atoms with E-state index in [0.717, 1.165) is 29.8 Å². The maximum absolute atomic E-state index is 9.90. The van der Waals surface area contributed by atoms with Crippen LogP contribution in [-0.4, -0.2) is 43.1 Å². The molecule has 126 valence electrons. The van der Waals surface area contributed by atoms with Crippen LogP contribution in [0.1, 0.15) is 31.0 Å². The van der Waals surface area contributed by atoms with Crippen molar-refractivity contribution in [2.45, 2.75) is 31.9 Å². The minimum atomic E-state index is -1.03. The molecule has 0 spiro atoms. The first kappa shape index (κ1) is 17.7. The molecule has 3 rings (SSSR count). The Morgan fingerprint density at radius 2 is 2.13 bits per heavy atom. The predicted octanol–water partition coefficient (Wildman–Crippen LogP) is 2.15. The SMILES string of the molecule is COc1c2c(cc3c1C(C#CC(C)(C)O)N(C)CC3)OCO2.Cl. The molecule has 0 saturated carbocycles. The van der Waals surface area contributed by atoms with Crippen LogP contribution in [0, 0.1) is 11.8 Å². The highest BCUT2D eigenvalue weighted by molar-refractivity contribution is 5.85. The van der Waals surface area contributed by atoms with Crippen molar-refractivity contribution >= 4 is 12.4 Å². The van der Waals surface area contributed by atoms with Gasteiger partial charge in [-0.25, -0.2) is 0 Å². The Bertz CT molecular complexity index is 657. The van der Waals surface area contributed by atoms with Crippen LogP contribution in [0.25, 0.3) is 0 Å². The largest absolute Gasteiger partial charge is 0.492 e. The van der Waals surface area contributed by atoms with Crippen LogP contribution >= 0.6 is 12.4 Å². The summed E-state index contributed by atoms with van der Waals surface area (Å²) in [6.45, 7) is 4.46. The lowest BCUT2D eigenvalue weighted by Crippen LogP contribution is -2.32. The Kier molecular flexibility index (Phi) is 5.00. The van der Waals surface area contributed by atoms with Gasteiger partial charge in [0, 0.05) is 12.1 Å². The number of benzene rings is 1. The van der Waals surface area contributed by atoms with Crippen molar-refractivity contribution in [2.75, 3.05) is 27.5 Å². The van der Waals surface area contributed by atoms with Crippen LogP contribution in [0.15, 0.2) is 6.07 Å². The maximum atomic E-state index is 9.90. The molecule has 0 bridgehead atoms. The summed E-state index contributed by atoms with van der Waals surface area (Å²) < 4.78 is 16.6. The number of halogens is 1. The van der Waals surface area contributed by atoms with E-state index < -0.39 is 5.60 Å². The molecule has 1 N–H and O–H groups in total. The molecular formula is C17H22ClNO4. The van der Waals surface area contributed by atoms with E-state index in [1.54, 1.807) is 21.0 Å². The fraction of sp³-hybridized carbons (Fsp3) is 0.529. The van der Waals surface area contributed by atoms with Crippen molar-refractivity contribution < 1.29 is 19.3 Å². The highest BCUT2D eigenvalue weighted by Gasteiger charge is 2.33. The molecule has 0 aliphatic carbocycles. The van der Waals surface area contributed by atoms with E-state index in [4.69, 9.17) is 14.2 Å². The quantitative estimate of drug-likeness (QED) is 0.795. The molecule has 0 amide bonds. The maximum Gasteiger partial charge on any atom is 0.231 e. The normalized spacial score (nSPS) is 19.3. The average Bonchev–Trinajstić information content (AvgIpc) is 2.91. The molecular weight excluding hydrogens is 318 g/mol. The van der Waals surface area contributed by atoms with Crippen molar-refractivity contribution in [2.24, 2.45) is 0 Å². The minimum absolute atomic E-state index is 0. The molecule has 1 aromatic rings. The highest BCUT2D eigenvalue weighted by Crippen LogP contribution is 2.49. The van der Waals surface area contributed by atoms with Gasteiger partial charge in [-0.3, -0.25) is 4.90 Å². The second-order valence-corrected chi connectivity index (χ2v) is 6.18. The number of fused-ring (bicyclic) bond motifs is 2. The first-order valence-electron chi connectivity index (χ1n) is 7.35. The number of rotatable bonds is 1. The third kappa shape index (κ3) is 3.35. The molecule has 1 unspecified atom stereocenters. The zero-order valence-corrected chi connectivity index (χ0v) is 14.6. The van der Waals surface area contributed by atoms with E-state index in [1.165, 1.54) is 0 Å². The summed E-state index contributed by atoms with van der Waals surface area (Å²) in [6, 6.07) is 1.88. The van der Waals surface area contributed by atoms with Crippen LogP contribution < -0.4 is 14.2 Å². The summed E-state index contributed by atoms with van der Waals surface area (Å²) in [5, 5.41) is 9.90. The number of hydrogen-bond donors (Lipinski definition) is 1. The van der Waals surface area contributed by atoms with Gasteiger partial charge in [-0.2, -0.15) is 0 Å². The standard InChI is InChI=1S/C17H21NO4.ClH/c1-17(2,19)7-5-12-14-11(6-8-18(12)3)9-13-15(16(14)20-4)22-10-21-13;/h9,12,19H,6,8,10H2,1-4H3;1H. The lowest BCUT2D eigenvalue weighted by atomic mass is 9.91. The second kappa shape index (κ2) is 6.48. The summed E-state index contributed by atoms with van der Waals surface area (Å²) >= 11 is 0. The number of ether oxygens (including phenoxy) is 3. The Morgan fingerprint density at radius 1 is 1.39 bits per heavy atom. The van der Waals surface area contributed by atoms with Gasteiger partial charge in [-0.05, 0) is 38.9 Å². The van der Waals surface area contributed by atoms with E-state index in [9.17, 15) is 5.11 Å². The smallest absolute Gasteiger partial charge is 0.231 e. The second-order valence-electron chi connectivity index (χ2n) is 6.18. The molecule has 0 fully saturated rings. The Morgan fingerprint density at radius 3 is 2.78 bits per heavy atom. The van der Waals surface area contributed by atoms with Crippen LogP contribution in [0.5, 0.6) is 17.2 Å². The van der Waals surface area contributed by atoms with Gasteiger partial charge in [-0.1, -0.05) is 11.8 Å². The van der Waals surface area contributed by atoms with E-state index >= 15 is 0 Å². The monoisotopic (exact) mass is 339 g/mol. The van der Waals surface area contributed by atoms with Crippen LogP contribution in [0.4, 0.5) is 0 Å². The van der Waals surface area contributed by atoms with Crippen LogP contribution in [-0.2, 0) is 6.42 Å². The summed E-state index contributed by atoms with van der Waals surface area (Å²) in [5.74, 6) is 8.16. The lowest BCUT2D eigenvalue weighted by molar-refractivity contribution is 0.143. The van der Waals surface area contributed by atoms with Gasteiger partial charge in [0.15, 0.2) is 11.5 Å². The van der Waals surface area contributed by atoms with Crippen molar-refractivity contribution in [3.05, 3.63) is 17.2 Å². The van der Waals surface area contributed by atoms with E-state index in [0.29, 0.717) is 11.5 Å². The molecule has 0 aromatic heterocycles. The molecule has 0 radical (unpaired) electrons. The Labute approximate surface area is 142 Å². The number of methoxy groups -OCH3 is 1. The zero-order valence-electron chi connectivity index (χ0n) is 13.8. The summed E-state index contributed by atoms with van der Waals surface area (Å²) in [5.41, 5.74) is 1.15. The third-order valence-corrected chi connectivity index (χ3v) is 3.91. The zero-order chi connectivity index (χ0) is 15.9. The molecule has 2 heterocycles. The van der Waals surface area contributed by atoms with Crippen molar-refractivity contribution in [3.8, 4) is 29.1 Å². The van der Waals surface area contributed by atoms with E-state index in [2.05, 4.69) is 16.7 Å². The third-order valence-electron chi connectivity index (χ3n) is 3.91. The lowest BCUT2D eigenvalue weighted by Gasteiger charge is -2.32. The molecule has 2 aliphatic heterocycles. The molecule has 1 aromatic carbocycles. The molecule has 0 saturated heterocycles. The predicted molar refractivity (Wildman–Crippen MR) is 89.5 cm³/mol. The Balaban J connectivity index is 0.00000192. The van der Waals surface area contributed by atoms with Crippen molar-refractivity contribution in [1.29, 1.82) is 0 Å². The molecule has 1 atom stereocenters. The Hall–Kier alpha value is -1.61. The van der Waals surface area contributed by atoms with Gasteiger partial charge < -0.3 is 19.3 Å². The van der Waals surface area contributed by atoms with Gasteiger partial charge in [0.2, 0.25) is 12.5 Å². The molecule has 2 aliphatic rings. The van der Waals surface area contributed by atoms with E-state index in [1.807, 2.05) is 13.1 Å². The van der Waals surface area contributed by atoms with Crippen LogP contribution in [0.2, 0.25) is 0 Å². The highest BCUT2D eigenvalue weighted by atomic mass is 35.5. The van der Waals surface area contributed by atoms with Gasteiger partial charge in [0.1, 0.15) is 11.6 Å². The average molecular weight is 340 g/mol. The van der Waals surface area contributed by atoms with E-state index in [-0.39, 0.29) is 25.2 Å². The van der Waals surface area contributed by atoms with Gasteiger partial charge in [0.05, 0.1) is 7.11 Å². The summed E-state index contributed by atoms with van der Waals surface area (Å²) in [4.78, 5) is 2.16. The minimum Gasteiger partial charge on any atom is -0.492 e. The van der Waals surface area contributed by atoms with Crippen LogP contribution in [0.3, 0.4) is 0 Å². The van der Waals surface area contributed by atoms with Gasteiger partial charge in [0.25, 0.3) is 0 Å². The first-order chi connectivity index (χ1) is 10.4. The fourth-order valence-corrected chi connectivity index (χ4v) is 2.86. The number of aliphatic hydroxyl groups is 1. The number of likely N-dealkylation sites (N-methyl/N-ethyl adjacent to an activating group) is 1. The summed E-state index contributed by atoms with van der Waals surface area (Å²) in [6.07, 6.45) is 0.902. The topological polar surface area (TPSA) is 51.2 Å². The molecule has 6 heteroatoms. The fourth-order valence-electron chi connectivity index (χ4n) is 2.86. The summed E-state index contributed by atoms with van der Waals surface area (Å²) in [7, 11) is 3.66. The molecule has 23 heavy (non-hydrogen) atoms. The van der Waals surface area contributed by atoms with Gasteiger partial charge in [-0.15, -0.1) is 12.4 Å². The van der Waals surface area contributed by atoms with Crippen molar-refractivity contribution in [3.63, 3.8) is 0 Å². The number of nitrogens with zero attached hydrogens (tertiary/aromatic N) is 1. The molecule has 5 nitrogen and oxygen atoms in total. The first-order valence-corrected chi connectivity index (χ1v) is 7.35.